The molecule has 2 aromatic carbocycles. The van der Waals surface area contributed by atoms with Crippen molar-refractivity contribution in [2.75, 3.05) is 25.6 Å². The Bertz CT molecular complexity index is 883. The summed E-state index contributed by atoms with van der Waals surface area (Å²) in [6.07, 6.45) is 2.17. The minimum absolute atomic E-state index is 0.0791. The minimum Gasteiger partial charge on any atom is -0.493 e. The van der Waals surface area contributed by atoms with Crippen molar-refractivity contribution in [2.45, 2.75) is 32.2 Å². The predicted molar refractivity (Wildman–Crippen MR) is 115 cm³/mol. The third-order valence-electron chi connectivity index (χ3n) is 4.77. The van der Waals surface area contributed by atoms with E-state index in [2.05, 4.69) is 21.2 Å². The van der Waals surface area contributed by atoms with E-state index in [-0.39, 0.29) is 30.9 Å². The topological polar surface area (TPSA) is 67.9 Å². The van der Waals surface area contributed by atoms with E-state index < -0.39 is 0 Å². The lowest BCUT2D eigenvalue weighted by molar-refractivity contribution is -0.134. The Balaban J connectivity index is 1.53. The molecule has 3 rings (SSSR count). The van der Waals surface area contributed by atoms with Gasteiger partial charge in [-0.05, 0) is 55.7 Å². The van der Waals surface area contributed by atoms with Gasteiger partial charge in [0.2, 0.25) is 5.91 Å². The number of hydrogen-bond donors (Lipinski definition) is 1. The highest BCUT2D eigenvalue weighted by Crippen LogP contribution is 2.29. The van der Waals surface area contributed by atoms with Gasteiger partial charge >= 0.3 is 0 Å². The lowest BCUT2D eigenvalue weighted by Gasteiger charge is -2.22. The van der Waals surface area contributed by atoms with Crippen LogP contribution in [-0.4, -0.2) is 43.0 Å². The average molecular weight is 461 g/mol. The summed E-state index contributed by atoms with van der Waals surface area (Å²) in [7, 11) is 1.56. The van der Waals surface area contributed by atoms with Crippen LogP contribution in [0.15, 0.2) is 46.9 Å². The molecule has 1 aliphatic carbocycles. The van der Waals surface area contributed by atoms with Crippen molar-refractivity contribution < 1.29 is 19.1 Å². The molecule has 0 spiro atoms. The molecule has 1 aliphatic rings. The number of carbonyl (C=O) groups excluding carboxylic acids is 2. The highest BCUT2D eigenvalue weighted by Gasteiger charge is 2.32. The smallest absolute Gasteiger partial charge is 0.260 e. The second-order valence-corrected chi connectivity index (χ2v) is 7.93. The first kappa shape index (κ1) is 21.2. The van der Waals surface area contributed by atoms with Crippen molar-refractivity contribution >= 4 is 33.4 Å². The fraction of sp³-hybridized carbons (Fsp3) is 0.364. The van der Waals surface area contributed by atoms with E-state index in [4.69, 9.17) is 9.47 Å². The van der Waals surface area contributed by atoms with Crippen LogP contribution in [0.5, 0.6) is 11.5 Å². The van der Waals surface area contributed by atoms with Gasteiger partial charge in [0.25, 0.3) is 5.91 Å². The summed E-state index contributed by atoms with van der Waals surface area (Å²) >= 11 is 3.42. The summed E-state index contributed by atoms with van der Waals surface area (Å²) in [6, 6.07) is 13.1. The van der Waals surface area contributed by atoms with Gasteiger partial charge in [-0.25, -0.2) is 0 Å². The van der Waals surface area contributed by atoms with Gasteiger partial charge in [-0.15, -0.1) is 0 Å². The molecule has 0 heterocycles. The number of anilines is 1. The SMILES string of the molecule is COc1ccccc1OCC(=O)N(CCC(=O)Nc1ccc(Br)cc1C)C1CC1. The molecule has 0 atom stereocenters. The summed E-state index contributed by atoms with van der Waals surface area (Å²) < 4.78 is 11.9. The summed E-state index contributed by atoms with van der Waals surface area (Å²) in [4.78, 5) is 26.8. The molecule has 2 amide bonds. The Morgan fingerprint density at radius 1 is 1.17 bits per heavy atom. The number of aryl methyl sites for hydroxylation is 1. The highest BCUT2D eigenvalue weighted by atomic mass is 79.9. The Hall–Kier alpha value is -2.54. The lowest BCUT2D eigenvalue weighted by Crippen LogP contribution is -2.38. The normalized spacial score (nSPS) is 12.9. The van der Waals surface area contributed by atoms with Gasteiger partial charge in [0.05, 0.1) is 7.11 Å². The van der Waals surface area contributed by atoms with Crippen LogP contribution < -0.4 is 14.8 Å². The number of nitrogens with one attached hydrogen (secondary N) is 1. The first-order chi connectivity index (χ1) is 14.0. The molecule has 29 heavy (non-hydrogen) atoms. The molecular weight excluding hydrogens is 436 g/mol. The zero-order chi connectivity index (χ0) is 20.8. The van der Waals surface area contributed by atoms with Crippen LogP contribution in [0, 0.1) is 6.92 Å². The molecule has 0 aromatic heterocycles. The maximum Gasteiger partial charge on any atom is 0.260 e. The van der Waals surface area contributed by atoms with Crippen LogP contribution in [0.3, 0.4) is 0 Å². The summed E-state index contributed by atoms with van der Waals surface area (Å²) in [5.41, 5.74) is 1.76. The molecule has 7 heteroatoms. The van der Waals surface area contributed by atoms with Crippen molar-refractivity contribution in [3.05, 3.63) is 52.5 Å². The zero-order valence-corrected chi connectivity index (χ0v) is 18.2. The van der Waals surface area contributed by atoms with Gasteiger partial charge in [0.15, 0.2) is 18.1 Å². The number of para-hydroxylation sites is 2. The number of ether oxygens (including phenoxy) is 2. The van der Waals surface area contributed by atoms with Crippen molar-refractivity contribution in [3.63, 3.8) is 0 Å². The minimum atomic E-state index is -0.119. The standard InChI is InChI=1S/C22H25BrN2O4/c1-15-13-16(23)7-10-18(15)24-21(26)11-12-25(17-8-9-17)22(27)14-29-20-6-4-3-5-19(20)28-2/h3-7,10,13,17H,8-9,11-12,14H2,1-2H3,(H,24,26). The van der Waals surface area contributed by atoms with E-state index in [1.165, 1.54) is 0 Å². The van der Waals surface area contributed by atoms with Gasteiger partial charge in [0, 0.05) is 29.2 Å². The summed E-state index contributed by atoms with van der Waals surface area (Å²) in [5.74, 6) is 0.885. The molecule has 154 valence electrons. The molecule has 0 unspecified atom stereocenters. The van der Waals surface area contributed by atoms with Crippen LogP contribution in [-0.2, 0) is 9.59 Å². The Labute approximate surface area is 179 Å². The number of hydrogen-bond acceptors (Lipinski definition) is 4. The number of rotatable bonds is 9. The van der Waals surface area contributed by atoms with Gasteiger partial charge in [-0.2, -0.15) is 0 Å². The molecule has 1 fully saturated rings. The molecule has 0 aliphatic heterocycles. The monoisotopic (exact) mass is 460 g/mol. The molecule has 6 nitrogen and oxygen atoms in total. The Morgan fingerprint density at radius 3 is 2.55 bits per heavy atom. The van der Waals surface area contributed by atoms with E-state index >= 15 is 0 Å². The maximum absolute atomic E-state index is 12.7. The van der Waals surface area contributed by atoms with Crippen LogP contribution >= 0.6 is 15.9 Å². The second kappa shape index (κ2) is 9.78. The number of benzene rings is 2. The highest BCUT2D eigenvalue weighted by molar-refractivity contribution is 9.10. The van der Waals surface area contributed by atoms with Gasteiger partial charge in [-0.3, -0.25) is 9.59 Å². The maximum atomic E-state index is 12.7. The van der Waals surface area contributed by atoms with E-state index in [0.717, 1.165) is 28.6 Å². The van der Waals surface area contributed by atoms with Crippen molar-refractivity contribution in [1.29, 1.82) is 0 Å². The molecule has 0 saturated heterocycles. The summed E-state index contributed by atoms with van der Waals surface area (Å²) in [6.45, 7) is 2.24. The first-order valence-corrected chi connectivity index (χ1v) is 10.4. The molecule has 1 N–H and O–H groups in total. The van der Waals surface area contributed by atoms with E-state index in [0.29, 0.717) is 18.0 Å². The van der Waals surface area contributed by atoms with Gasteiger partial charge in [0.1, 0.15) is 0 Å². The summed E-state index contributed by atoms with van der Waals surface area (Å²) in [5, 5.41) is 2.92. The van der Waals surface area contributed by atoms with E-state index in [1.807, 2.05) is 37.3 Å². The largest absolute Gasteiger partial charge is 0.493 e. The molecule has 0 bridgehead atoms. The molecule has 1 saturated carbocycles. The quantitative estimate of drug-likeness (QED) is 0.609. The molecule has 2 aromatic rings. The van der Waals surface area contributed by atoms with E-state index in [9.17, 15) is 9.59 Å². The lowest BCUT2D eigenvalue weighted by atomic mass is 10.2. The number of carbonyl (C=O) groups is 2. The third kappa shape index (κ3) is 5.97. The van der Waals surface area contributed by atoms with Crippen molar-refractivity contribution in [1.82, 2.24) is 4.90 Å². The predicted octanol–water partition coefficient (Wildman–Crippen LogP) is 4.16. The Kier molecular flexibility index (Phi) is 7.14. The molecular formula is C22H25BrN2O4. The van der Waals surface area contributed by atoms with Crippen LogP contribution in [0.2, 0.25) is 0 Å². The third-order valence-corrected chi connectivity index (χ3v) is 5.26. The fourth-order valence-corrected chi connectivity index (χ4v) is 3.54. The van der Waals surface area contributed by atoms with Gasteiger partial charge in [-0.1, -0.05) is 28.1 Å². The van der Waals surface area contributed by atoms with Crippen molar-refractivity contribution in [2.24, 2.45) is 0 Å². The van der Waals surface area contributed by atoms with Gasteiger partial charge < -0.3 is 19.7 Å². The second-order valence-electron chi connectivity index (χ2n) is 7.02. The number of nitrogens with zero attached hydrogens (tertiary/aromatic N) is 1. The first-order valence-electron chi connectivity index (χ1n) is 9.59. The Morgan fingerprint density at radius 2 is 1.90 bits per heavy atom. The molecule has 0 radical (unpaired) electrons. The fourth-order valence-electron chi connectivity index (χ4n) is 3.06. The average Bonchev–Trinajstić information content (AvgIpc) is 3.54. The van der Waals surface area contributed by atoms with Crippen LogP contribution in [0.4, 0.5) is 5.69 Å². The van der Waals surface area contributed by atoms with Crippen LogP contribution in [0.1, 0.15) is 24.8 Å². The van der Waals surface area contributed by atoms with E-state index in [1.54, 1.807) is 24.1 Å². The number of methoxy groups -OCH3 is 1. The zero-order valence-electron chi connectivity index (χ0n) is 16.6. The van der Waals surface area contributed by atoms with Crippen LogP contribution in [0.25, 0.3) is 0 Å². The van der Waals surface area contributed by atoms with Crippen molar-refractivity contribution in [3.8, 4) is 11.5 Å². The number of halogens is 1. The number of amides is 2.